The van der Waals surface area contributed by atoms with Gasteiger partial charge in [0.1, 0.15) is 5.15 Å². The summed E-state index contributed by atoms with van der Waals surface area (Å²) in [5, 5.41) is -0.263. The zero-order valence-electron chi connectivity index (χ0n) is 18.8. The minimum absolute atomic E-state index is 0.177. The van der Waals surface area contributed by atoms with E-state index in [1.54, 1.807) is 0 Å². The molecule has 1 aliphatic rings. The summed E-state index contributed by atoms with van der Waals surface area (Å²) < 4.78 is 86.0. The molecule has 4 heterocycles. The smallest absolute Gasteiger partial charge is 0.420 e. The molecule has 6 nitrogen and oxygen atoms in total. The molecule has 1 saturated heterocycles. The van der Waals surface area contributed by atoms with E-state index in [2.05, 4.69) is 4.98 Å². The molecule has 0 radical (unpaired) electrons. The predicted octanol–water partition coefficient (Wildman–Crippen LogP) is 6.25. The maximum absolute atomic E-state index is 13.8. The van der Waals surface area contributed by atoms with E-state index in [1.165, 1.54) is 41.8 Å². The van der Waals surface area contributed by atoms with E-state index in [1.807, 2.05) is 4.90 Å². The molecule has 1 fully saturated rings. The van der Waals surface area contributed by atoms with Gasteiger partial charge in [-0.05, 0) is 36.4 Å². The van der Waals surface area contributed by atoms with Crippen molar-refractivity contribution in [3.63, 3.8) is 0 Å². The van der Waals surface area contributed by atoms with Gasteiger partial charge in [0, 0.05) is 49.2 Å². The Morgan fingerprint density at radius 2 is 1.59 bits per heavy atom. The van der Waals surface area contributed by atoms with Crippen molar-refractivity contribution in [3.8, 4) is 11.1 Å². The van der Waals surface area contributed by atoms with Crippen molar-refractivity contribution in [2.45, 2.75) is 12.4 Å². The quantitative estimate of drug-likeness (QED) is 0.287. The molecular formula is C24H17ClF6N4O2. The van der Waals surface area contributed by atoms with Crippen molar-refractivity contribution >= 4 is 28.8 Å². The molecule has 3 aromatic heterocycles. The molecule has 194 valence electrons. The lowest BCUT2D eigenvalue weighted by molar-refractivity contribution is -0.138. The number of carbonyl (C=O) groups is 1. The van der Waals surface area contributed by atoms with Crippen LogP contribution in [0.1, 0.15) is 21.6 Å². The third-order valence-electron chi connectivity index (χ3n) is 6.15. The fourth-order valence-electron chi connectivity index (χ4n) is 4.23. The number of pyridine rings is 1. The molecule has 0 atom stereocenters. The molecule has 13 heteroatoms. The van der Waals surface area contributed by atoms with Crippen LogP contribution in [0.2, 0.25) is 5.15 Å². The molecule has 1 amide bonds. The summed E-state index contributed by atoms with van der Waals surface area (Å²) in [6.07, 6.45) is -5.24. The summed E-state index contributed by atoms with van der Waals surface area (Å²) >= 11 is 6.36. The number of halogens is 7. The number of fused-ring (bicyclic) bond motifs is 1. The van der Waals surface area contributed by atoms with Crippen molar-refractivity contribution in [1.29, 1.82) is 0 Å². The summed E-state index contributed by atoms with van der Waals surface area (Å²) in [6, 6.07) is 7.10. The number of carbonyl (C=O) groups excluding carboxylic acids is 1. The van der Waals surface area contributed by atoms with Gasteiger partial charge in [-0.1, -0.05) is 11.6 Å². The Hall–Kier alpha value is -3.67. The van der Waals surface area contributed by atoms with Crippen LogP contribution in [0.4, 0.5) is 32.0 Å². The molecule has 0 N–H and O–H groups in total. The zero-order valence-corrected chi connectivity index (χ0v) is 19.5. The van der Waals surface area contributed by atoms with Gasteiger partial charge in [-0.15, -0.1) is 0 Å². The molecule has 5 rings (SSSR count). The number of hydrogen-bond donors (Lipinski definition) is 0. The third kappa shape index (κ3) is 4.73. The second-order valence-electron chi connectivity index (χ2n) is 8.42. The van der Waals surface area contributed by atoms with Gasteiger partial charge in [0.2, 0.25) is 0 Å². The molecule has 1 aliphatic heterocycles. The number of imidazole rings is 1. The zero-order chi connectivity index (χ0) is 26.5. The lowest BCUT2D eigenvalue weighted by Gasteiger charge is -2.36. The van der Waals surface area contributed by atoms with Gasteiger partial charge >= 0.3 is 12.4 Å². The number of furan rings is 1. The van der Waals surface area contributed by atoms with Crippen LogP contribution in [0, 0.1) is 0 Å². The number of anilines is 1. The molecule has 37 heavy (non-hydrogen) atoms. The van der Waals surface area contributed by atoms with Crippen LogP contribution in [-0.2, 0) is 12.4 Å². The second-order valence-corrected chi connectivity index (χ2v) is 8.78. The Morgan fingerprint density at radius 1 is 0.919 bits per heavy atom. The van der Waals surface area contributed by atoms with Crippen molar-refractivity contribution in [2.75, 3.05) is 31.1 Å². The number of hydrogen-bond acceptors (Lipinski definition) is 4. The van der Waals surface area contributed by atoms with E-state index in [-0.39, 0.29) is 29.5 Å². The van der Waals surface area contributed by atoms with Crippen LogP contribution in [-0.4, -0.2) is 46.4 Å². The topological polar surface area (TPSA) is 54.0 Å². The molecule has 0 spiro atoms. The molecule has 0 saturated carbocycles. The van der Waals surface area contributed by atoms with Crippen LogP contribution in [0.25, 0.3) is 16.8 Å². The molecule has 4 aromatic rings. The molecule has 1 aromatic carbocycles. The summed E-state index contributed by atoms with van der Waals surface area (Å²) in [4.78, 5) is 20.4. The summed E-state index contributed by atoms with van der Waals surface area (Å²) in [5.74, 6) is -0.640. The molecule has 0 bridgehead atoms. The Morgan fingerprint density at radius 3 is 2.16 bits per heavy atom. The van der Waals surface area contributed by atoms with Crippen LogP contribution in [0.3, 0.4) is 0 Å². The molecule has 0 aliphatic carbocycles. The number of piperazine rings is 1. The highest BCUT2D eigenvalue weighted by atomic mass is 35.5. The lowest BCUT2D eigenvalue weighted by Crippen LogP contribution is -2.49. The number of amides is 1. The van der Waals surface area contributed by atoms with Gasteiger partial charge in [-0.2, -0.15) is 26.3 Å². The molecular weight excluding hydrogens is 526 g/mol. The van der Waals surface area contributed by atoms with E-state index in [0.29, 0.717) is 24.3 Å². The number of alkyl halides is 6. The van der Waals surface area contributed by atoms with Gasteiger partial charge < -0.3 is 14.2 Å². The highest BCUT2D eigenvalue weighted by Gasteiger charge is 2.37. The maximum Gasteiger partial charge on any atom is 0.420 e. The van der Waals surface area contributed by atoms with Crippen LogP contribution < -0.4 is 4.90 Å². The summed E-state index contributed by atoms with van der Waals surface area (Å²) in [6.45, 7) is 0.966. The van der Waals surface area contributed by atoms with Crippen molar-refractivity contribution in [2.24, 2.45) is 0 Å². The first-order valence-corrected chi connectivity index (χ1v) is 11.3. The van der Waals surface area contributed by atoms with Crippen molar-refractivity contribution in [3.05, 3.63) is 77.1 Å². The maximum atomic E-state index is 13.8. The number of nitrogens with zero attached hydrogens (tertiary/aromatic N) is 4. The largest absolute Gasteiger partial charge is 0.472 e. The molecule has 0 unspecified atom stereocenters. The summed E-state index contributed by atoms with van der Waals surface area (Å²) in [7, 11) is 0. The van der Waals surface area contributed by atoms with Gasteiger partial charge in [0.25, 0.3) is 5.91 Å². The number of rotatable bonds is 3. The van der Waals surface area contributed by atoms with Crippen LogP contribution in [0.5, 0.6) is 0 Å². The Bertz CT molecular complexity index is 1440. The normalized spacial score (nSPS) is 15.0. The third-order valence-corrected chi connectivity index (χ3v) is 6.51. The predicted molar refractivity (Wildman–Crippen MR) is 122 cm³/mol. The Kier molecular flexibility index (Phi) is 6.09. The Balaban J connectivity index is 1.39. The monoisotopic (exact) mass is 542 g/mol. The average molecular weight is 543 g/mol. The van der Waals surface area contributed by atoms with E-state index in [4.69, 9.17) is 16.0 Å². The second kappa shape index (κ2) is 9.02. The highest BCUT2D eigenvalue weighted by molar-refractivity contribution is 6.33. The fraction of sp³-hybridized carbons (Fsp3) is 0.250. The van der Waals surface area contributed by atoms with Gasteiger partial charge in [0.05, 0.1) is 23.7 Å². The Labute approximate surface area is 210 Å². The van der Waals surface area contributed by atoms with E-state index in [9.17, 15) is 31.1 Å². The van der Waals surface area contributed by atoms with E-state index in [0.717, 1.165) is 22.6 Å². The SMILES string of the molecule is O=C(c1nc2c(C(F)(F)F)cc(-c3ccoc3)cn2c1Cl)N1CCN(c2ccc(C(F)(F)F)cc2)CC1. The first-order chi connectivity index (χ1) is 17.4. The standard InChI is InChI=1S/C24H17ClF6N4O2/c25-20-19(32-21-18(24(29,30)31)11-15(12-35(20)21)14-5-10-37-13-14)22(36)34-8-6-33(7-9-34)17-3-1-16(2-4-17)23(26,27)28/h1-5,10-13H,6-9H2. The van der Waals surface area contributed by atoms with Crippen LogP contribution in [0.15, 0.2) is 59.5 Å². The highest BCUT2D eigenvalue weighted by Crippen LogP contribution is 2.37. The lowest BCUT2D eigenvalue weighted by atomic mass is 10.1. The van der Waals surface area contributed by atoms with Crippen LogP contribution >= 0.6 is 11.6 Å². The minimum atomic E-state index is -4.76. The van der Waals surface area contributed by atoms with Gasteiger partial charge in [-0.25, -0.2) is 4.98 Å². The number of aromatic nitrogens is 2. The first-order valence-electron chi connectivity index (χ1n) is 11.0. The van der Waals surface area contributed by atoms with Gasteiger partial charge in [0.15, 0.2) is 11.3 Å². The van der Waals surface area contributed by atoms with Crippen molar-refractivity contribution in [1.82, 2.24) is 14.3 Å². The fourth-order valence-corrected chi connectivity index (χ4v) is 4.48. The first kappa shape index (κ1) is 25.0. The van der Waals surface area contributed by atoms with E-state index >= 15 is 0 Å². The average Bonchev–Trinajstić information content (AvgIpc) is 3.51. The number of benzene rings is 1. The summed E-state index contributed by atoms with van der Waals surface area (Å²) in [5.41, 5.74) is -1.51. The van der Waals surface area contributed by atoms with Crippen molar-refractivity contribution < 1.29 is 35.6 Å². The minimum Gasteiger partial charge on any atom is -0.472 e. The van der Waals surface area contributed by atoms with E-state index < -0.39 is 35.0 Å². The van der Waals surface area contributed by atoms with Gasteiger partial charge in [-0.3, -0.25) is 9.20 Å².